The smallest absolute Gasteiger partial charge is 0.309 e. The molecule has 1 unspecified atom stereocenters. The van der Waals surface area contributed by atoms with Crippen LogP contribution in [-0.2, 0) is 14.3 Å². The van der Waals surface area contributed by atoms with Crippen LogP contribution in [0.25, 0.3) is 0 Å². The quantitative estimate of drug-likeness (QED) is 0.532. The number of hydrogen-bond donors (Lipinski definition) is 3. The Morgan fingerprint density at radius 2 is 1.94 bits per heavy atom. The fourth-order valence-corrected chi connectivity index (χ4v) is 1.04. The number of aliphatic hydroxyl groups is 1. The zero-order valence-corrected chi connectivity index (χ0v) is 10.2. The topological polar surface area (TPSA) is 87.7 Å². The van der Waals surface area contributed by atoms with Crippen molar-refractivity contribution in [2.75, 3.05) is 20.3 Å². The zero-order valence-electron chi connectivity index (χ0n) is 10.2. The van der Waals surface area contributed by atoms with Gasteiger partial charge in [0, 0.05) is 19.7 Å². The second kappa shape index (κ2) is 6.44. The van der Waals surface area contributed by atoms with Gasteiger partial charge >= 0.3 is 11.8 Å². The summed E-state index contributed by atoms with van der Waals surface area (Å²) < 4.78 is 4.76. The Morgan fingerprint density at radius 3 is 2.38 bits per heavy atom. The van der Waals surface area contributed by atoms with Crippen molar-refractivity contribution in [1.29, 1.82) is 0 Å². The summed E-state index contributed by atoms with van der Waals surface area (Å²) in [5.41, 5.74) is -1.18. The van der Waals surface area contributed by atoms with Gasteiger partial charge in [0.1, 0.15) is 5.60 Å². The Bertz CT molecular complexity index is 251. The number of hydrogen-bond acceptors (Lipinski definition) is 4. The maximum absolute atomic E-state index is 11.3. The molecule has 0 aromatic carbocycles. The van der Waals surface area contributed by atoms with Crippen molar-refractivity contribution in [3.63, 3.8) is 0 Å². The first-order valence-corrected chi connectivity index (χ1v) is 5.08. The molecule has 0 rings (SSSR count). The van der Waals surface area contributed by atoms with E-state index in [4.69, 9.17) is 4.74 Å². The number of nitrogens with one attached hydrogen (secondary N) is 2. The highest BCUT2D eigenvalue weighted by molar-refractivity contribution is 6.35. The molecule has 0 aromatic heterocycles. The van der Waals surface area contributed by atoms with Crippen LogP contribution in [0.15, 0.2) is 0 Å². The Hall–Kier alpha value is -1.14. The van der Waals surface area contributed by atoms with Crippen molar-refractivity contribution in [1.82, 2.24) is 10.6 Å². The van der Waals surface area contributed by atoms with Crippen LogP contribution in [0.1, 0.15) is 20.8 Å². The Balaban J connectivity index is 4.02. The van der Waals surface area contributed by atoms with Gasteiger partial charge in [-0.1, -0.05) is 0 Å². The summed E-state index contributed by atoms with van der Waals surface area (Å²) in [6.07, 6.45) is 0. The molecule has 16 heavy (non-hydrogen) atoms. The van der Waals surface area contributed by atoms with E-state index >= 15 is 0 Å². The molecule has 0 aromatic rings. The van der Waals surface area contributed by atoms with Gasteiger partial charge in [0.05, 0.1) is 6.61 Å². The van der Waals surface area contributed by atoms with Crippen molar-refractivity contribution in [2.24, 2.45) is 0 Å². The van der Waals surface area contributed by atoms with Gasteiger partial charge in [-0.05, 0) is 20.8 Å². The molecule has 0 radical (unpaired) electrons. The van der Waals surface area contributed by atoms with Crippen molar-refractivity contribution in [3.05, 3.63) is 0 Å². The van der Waals surface area contributed by atoms with Gasteiger partial charge in [-0.3, -0.25) is 9.59 Å². The number of methoxy groups -OCH3 is 1. The fourth-order valence-electron chi connectivity index (χ4n) is 1.04. The minimum atomic E-state index is -1.18. The van der Waals surface area contributed by atoms with Gasteiger partial charge in [-0.25, -0.2) is 0 Å². The summed E-state index contributed by atoms with van der Waals surface area (Å²) >= 11 is 0. The molecule has 6 heteroatoms. The number of ether oxygens (including phenoxy) is 1. The summed E-state index contributed by atoms with van der Waals surface area (Å²) in [4.78, 5) is 22.4. The molecule has 94 valence electrons. The third-order valence-corrected chi connectivity index (χ3v) is 1.71. The highest BCUT2D eigenvalue weighted by Crippen LogP contribution is 2.00. The van der Waals surface area contributed by atoms with Crippen LogP contribution >= 0.6 is 0 Å². The average Bonchev–Trinajstić information content (AvgIpc) is 2.13. The van der Waals surface area contributed by atoms with Gasteiger partial charge in [-0.2, -0.15) is 0 Å². The maximum Gasteiger partial charge on any atom is 0.309 e. The van der Waals surface area contributed by atoms with Crippen LogP contribution in [0.3, 0.4) is 0 Å². The Morgan fingerprint density at radius 1 is 1.38 bits per heavy atom. The molecular weight excluding hydrogens is 212 g/mol. The lowest BCUT2D eigenvalue weighted by Crippen LogP contribution is -2.49. The van der Waals surface area contributed by atoms with Crippen LogP contribution < -0.4 is 10.6 Å². The molecule has 0 saturated carbocycles. The largest absolute Gasteiger partial charge is 0.386 e. The maximum atomic E-state index is 11.3. The first-order chi connectivity index (χ1) is 7.28. The van der Waals surface area contributed by atoms with E-state index in [0.29, 0.717) is 0 Å². The first kappa shape index (κ1) is 14.9. The monoisotopic (exact) mass is 232 g/mol. The Kier molecular flexibility index (Phi) is 5.98. The lowest BCUT2D eigenvalue weighted by molar-refractivity contribution is -0.140. The SMILES string of the molecule is COCC(C)(O)CNC(=O)C(=O)NC(C)C. The third-order valence-electron chi connectivity index (χ3n) is 1.71. The molecule has 6 nitrogen and oxygen atoms in total. The number of carbonyl (C=O) groups is 2. The molecule has 2 amide bonds. The van der Waals surface area contributed by atoms with E-state index in [9.17, 15) is 14.7 Å². The Labute approximate surface area is 95.4 Å². The second-order valence-corrected chi connectivity index (χ2v) is 4.24. The predicted octanol–water partition coefficient (Wildman–Crippen LogP) is -0.975. The molecule has 0 saturated heterocycles. The molecule has 1 atom stereocenters. The lowest BCUT2D eigenvalue weighted by atomic mass is 10.1. The first-order valence-electron chi connectivity index (χ1n) is 5.08. The number of rotatable bonds is 5. The van der Waals surface area contributed by atoms with Crippen LogP contribution in [-0.4, -0.2) is 48.8 Å². The van der Waals surface area contributed by atoms with Crippen LogP contribution in [0, 0.1) is 0 Å². The average molecular weight is 232 g/mol. The number of amides is 2. The van der Waals surface area contributed by atoms with E-state index in [1.807, 2.05) is 0 Å². The fraction of sp³-hybridized carbons (Fsp3) is 0.800. The van der Waals surface area contributed by atoms with Gasteiger partial charge in [-0.15, -0.1) is 0 Å². The van der Waals surface area contributed by atoms with E-state index in [0.717, 1.165) is 0 Å². The lowest BCUT2D eigenvalue weighted by Gasteiger charge is -2.22. The summed E-state index contributed by atoms with van der Waals surface area (Å²) in [6.45, 7) is 5.07. The number of carbonyl (C=O) groups excluding carboxylic acids is 2. The normalized spacial score (nSPS) is 14.4. The highest BCUT2D eigenvalue weighted by atomic mass is 16.5. The van der Waals surface area contributed by atoms with Crippen LogP contribution in [0.2, 0.25) is 0 Å². The van der Waals surface area contributed by atoms with E-state index in [1.165, 1.54) is 14.0 Å². The van der Waals surface area contributed by atoms with E-state index in [1.54, 1.807) is 13.8 Å². The van der Waals surface area contributed by atoms with Crippen molar-refractivity contribution >= 4 is 11.8 Å². The molecule has 0 spiro atoms. The van der Waals surface area contributed by atoms with Gasteiger partial charge in [0.25, 0.3) is 0 Å². The third kappa shape index (κ3) is 6.36. The summed E-state index contributed by atoms with van der Waals surface area (Å²) in [5, 5.41) is 14.4. The van der Waals surface area contributed by atoms with Gasteiger partial charge in [0.2, 0.25) is 0 Å². The zero-order chi connectivity index (χ0) is 12.8. The summed E-state index contributed by atoms with van der Waals surface area (Å²) in [7, 11) is 1.45. The molecule has 0 heterocycles. The molecule has 3 N–H and O–H groups in total. The van der Waals surface area contributed by atoms with E-state index < -0.39 is 17.4 Å². The van der Waals surface area contributed by atoms with E-state index in [-0.39, 0.29) is 19.2 Å². The van der Waals surface area contributed by atoms with E-state index in [2.05, 4.69) is 10.6 Å². The van der Waals surface area contributed by atoms with Crippen LogP contribution in [0.4, 0.5) is 0 Å². The molecule has 0 aliphatic carbocycles. The van der Waals surface area contributed by atoms with Crippen LogP contribution in [0.5, 0.6) is 0 Å². The van der Waals surface area contributed by atoms with Crippen molar-refractivity contribution in [3.8, 4) is 0 Å². The van der Waals surface area contributed by atoms with Gasteiger partial charge < -0.3 is 20.5 Å². The van der Waals surface area contributed by atoms with Crippen molar-refractivity contribution < 1.29 is 19.4 Å². The summed E-state index contributed by atoms with van der Waals surface area (Å²) in [6, 6.07) is -0.0993. The molecule has 0 fully saturated rings. The molecule has 0 aliphatic rings. The minimum Gasteiger partial charge on any atom is -0.386 e. The van der Waals surface area contributed by atoms with Gasteiger partial charge in [0.15, 0.2) is 0 Å². The summed E-state index contributed by atoms with van der Waals surface area (Å²) in [5.74, 6) is -1.46. The van der Waals surface area contributed by atoms with Crippen molar-refractivity contribution in [2.45, 2.75) is 32.4 Å². The highest BCUT2D eigenvalue weighted by Gasteiger charge is 2.23. The molecule has 0 aliphatic heterocycles. The predicted molar refractivity (Wildman–Crippen MR) is 58.8 cm³/mol. The minimum absolute atomic E-state index is 0.0365. The standard InChI is InChI=1S/C10H20N2O4/c1-7(2)12-9(14)8(13)11-5-10(3,15)6-16-4/h7,15H,5-6H2,1-4H3,(H,11,13)(H,12,14). The second-order valence-electron chi connectivity index (χ2n) is 4.24. The molecular formula is C10H20N2O4. The molecule has 0 bridgehead atoms.